The number of fused-ring (bicyclic) bond motifs is 5. The average Bonchev–Trinajstić information content (AvgIpc) is 2.92. The van der Waals surface area contributed by atoms with Gasteiger partial charge >= 0.3 is 0 Å². The zero-order chi connectivity index (χ0) is 16.9. The summed E-state index contributed by atoms with van der Waals surface area (Å²) in [6, 6.07) is 0. The first kappa shape index (κ1) is 16.6. The fourth-order valence-corrected chi connectivity index (χ4v) is 7.36. The summed E-state index contributed by atoms with van der Waals surface area (Å²) in [6.45, 7) is 4.95. The SMILES string of the molecule is CONC(=O)C1=CC[C@H]2[C@@H]3CCC4CCCC[C@]4(C)[C@H]3CC[C@]12C. The molecule has 4 aliphatic rings. The van der Waals surface area contributed by atoms with Crippen LogP contribution in [0.1, 0.15) is 71.6 Å². The van der Waals surface area contributed by atoms with Crippen LogP contribution in [0.25, 0.3) is 0 Å². The molecule has 0 radical (unpaired) electrons. The number of hydrogen-bond acceptors (Lipinski definition) is 2. The Labute approximate surface area is 146 Å². The molecule has 134 valence electrons. The second-order valence-corrected chi connectivity index (χ2v) is 9.35. The smallest absolute Gasteiger partial charge is 0.270 e. The zero-order valence-corrected chi connectivity index (χ0v) is 15.6. The van der Waals surface area contributed by atoms with Gasteiger partial charge in [0.05, 0.1) is 7.11 Å². The van der Waals surface area contributed by atoms with E-state index >= 15 is 0 Å². The van der Waals surface area contributed by atoms with Gasteiger partial charge in [0.1, 0.15) is 0 Å². The maximum absolute atomic E-state index is 12.5. The van der Waals surface area contributed by atoms with Crippen molar-refractivity contribution in [2.24, 2.45) is 34.5 Å². The van der Waals surface area contributed by atoms with Crippen molar-refractivity contribution in [1.82, 2.24) is 5.48 Å². The Morgan fingerprint density at radius 3 is 2.75 bits per heavy atom. The Bertz CT molecular complexity index is 556. The first-order chi connectivity index (χ1) is 11.5. The average molecular weight is 332 g/mol. The summed E-state index contributed by atoms with van der Waals surface area (Å²) in [4.78, 5) is 17.3. The number of rotatable bonds is 2. The number of nitrogens with one attached hydrogen (secondary N) is 1. The molecule has 0 aromatic heterocycles. The molecule has 3 saturated carbocycles. The Kier molecular flexibility index (Phi) is 4.06. The first-order valence-electron chi connectivity index (χ1n) is 10.0. The molecule has 6 atom stereocenters. The van der Waals surface area contributed by atoms with Crippen molar-refractivity contribution in [2.45, 2.75) is 71.6 Å². The summed E-state index contributed by atoms with van der Waals surface area (Å²) in [5.41, 5.74) is 4.18. The highest BCUT2D eigenvalue weighted by molar-refractivity contribution is 5.94. The largest absolute Gasteiger partial charge is 0.277 e. The minimum atomic E-state index is -0.0153. The summed E-state index contributed by atoms with van der Waals surface area (Å²) in [5, 5.41) is 0. The summed E-state index contributed by atoms with van der Waals surface area (Å²) in [6.07, 6.45) is 14.4. The highest BCUT2D eigenvalue weighted by Crippen LogP contribution is 2.66. The lowest BCUT2D eigenvalue weighted by atomic mass is 9.45. The van der Waals surface area contributed by atoms with E-state index in [1.165, 1.54) is 58.5 Å². The van der Waals surface area contributed by atoms with Gasteiger partial charge in [-0.25, -0.2) is 5.48 Å². The van der Waals surface area contributed by atoms with Gasteiger partial charge < -0.3 is 0 Å². The summed E-state index contributed by atoms with van der Waals surface area (Å²) < 4.78 is 0. The van der Waals surface area contributed by atoms with E-state index in [9.17, 15) is 4.79 Å². The second kappa shape index (κ2) is 5.86. The number of allylic oxidation sites excluding steroid dienone is 1. The van der Waals surface area contributed by atoms with Crippen molar-refractivity contribution < 1.29 is 9.63 Å². The van der Waals surface area contributed by atoms with Gasteiger partial charge in [0.25, 0.3) is 5.91 Å². The van der Waals surface area contributed by atoms with Crippen LogP contribution in [0.4, 0.5) is 0 Å². The molecule has 3 nitrogen and oxygen atoms in total. The molecule has 1 unspecified atom stereocenters. The minimum Gasteiger partial charge on any atom is -0.277 e. The van der Waals surface area contributed by atoms with Crippen molar-refractivity contribution >= 4 is 5.91 Å². The minimum absolute atomic E-state index is 0.0153. The van der Waals surface area contributed by atoms with E-state index in [1.54, 1.807) is 0 Å². The molecule has 0 bridgehead atoms. The van der Waals surface area contributed by atoms with Gasteiger partial charge in [-0.3, -0.25) is 9.63 Å². The fraction of sp³-hybridized carbons (Fsp3) is 0.857. The van der Waals surface area contributed by atoms with Crippen molar-refractivity contribution in [1.29, 1.82) is 0 Å². The van der Waals surface area contributed by atoms with E-state index in [4.69, 9.17) is 4.84 Å². The van der Waals surface area contributed by atoms with Crippen molar-refractivity contribution in [3.63, 3.8) is 0 Å². The molecule has 0 saturated heterocycles. The maximum atomic E-state index is 12.5. The van der Waals surface area contributed by atoms with Crippen molar-refractivity contribution in [3.8, 4) is 0 Å². The molecule has 4 aliphatic carbocycles. The number of hydrogen-bond donors (Lipinski definition) is 1. The van der Waals surface area contributed by atoms with Crippen LogP contribution in [0.5, 0.6) is 0 Å². The van der Waals surface area contributed by atoms with Crippen LogP contribution in [-0.2, 0) is 9.63 Å². The third-order valence-corrected chi connectivity index (χ3v) is 8.60. The Morgan fingerprint density at radius 2 is 1.96 bits per heavy atom. The molecule has 0 aromatic carbocycles. The number of carbonyl (C=O) groups is 1. The molecule has 3 fully saturated rings. The van der Waals surface area contributed by atoms with Gasteiger partial charge in [-0.05, 0) is 74.0 Å². The zero-order valence-electron chi connectivity index (χ0n) is 15.6. The molecule has 3 heteroatoms. The lowest BCUT2D eigenvalue weighted by molar-refractivity contribution is -0.131. The fourth-order valence-electron chi connectivity index (χ4n) is 7.36. The normalized spacial score (nSPS) is 47.2. The van der Waals surface area contributed by atoms with Crippen LogP contribution in [-0.4, -0.2) is 13.0 Å². The molecule has 4 rings (SSSR count). The summed E-state index contributed by atoms with van der Waals surface area (Å²) in [5.74, 6) is 3.30. The lowest BCUT2D eigenvalue weighted by Crippen LogP contribution is -2.53. The van der Waals surface area contributed by atoms with E-state index in [0.717, 1.165) is 29.7 Å². The Hall–Kier alpha value is -0.830. The summed E-state index contributed by atoms with van der Waals surface area (Å²) in [7, 11) is 1.52. The van der Waals surface area contributed by atoms with E-state index in [1.807, 2.05) is 0 Å². The Morgan fingerprint density at radius 1 is 1.12 bits per heavy atom. The maximum Gasteiger partial charge on any atom is 0.270 e. The number of amides is 1. The molecule has 0 heterocycles. The van der Waals surface area contributed by atoms with Gasteiger partial charge in [0.15, 0.2) is 0 Å². The molecular weight excluding hydrogens is 298 g/mol. The van der Waals surface area contributed by atoms with Crippen LogP contribution in [0, 0.1) is 34.5 Å². The highest BCUT2D eigenvalue weighted by Gasteiger charge is 2.58. The lowest BCUT2D eigenvalue weighted by Gasteiger charge is -2.60. The molecule has 0 aromatic rings. The molecule has 0 spiro atoms. The highest BCUT2D eigenvalue weighted by atomic mass is 16.6. The van der Waals surface area contributed by atoms with Crippen LogP contribution in [0.15, 0.2) is 11.6 Å². The Balaban J connectivity index is 1.59. The van der Waals surface area contributed by atoms with Gasteiger partial charge in [-0.15, -0.1) is 0 Å². The van der Waals surface area contributed by atoms with Gasteiger partial charge in [0, 0.05) is 11.0 Å². The van der Waals surface area contributed by atoms with Crippen LogP contribution in [0.2, 0.25) is 0 Å². The van der Waals surface area contributed by atoms with Crippen LogP contribution >= 0.6 is 0 Å². The topological polar surface area (TPSA) is 38.3 Å². The summed E-state index contributed by atoms with van der Waals surface area (Å²) >= 11 is 0. The third-order valence-electron chi connectivity index (χ3n) is 8.60. The van der Waals surface area contributed by atoms with E-state index < -0.39 is 0 Å². The quantitative estimate of drug-likeness (QED) is 0.749. The van der Waals surface area contributed by atoms with Gasteiger partial charge in [-0.1, -0.05) is 32.8 Å². The van der Waals surface area contributed by atoms with Gasteiger partial charge in [-0.2, -0.15) is 0 Å². The van der Waals surface area contributed by atoms with E-state index in [-0.39, 0.29) is 11.3 Å². The second-order valence-electron chi connectivity index (χ2n) is 9.35. The molecular formula is C21H33NO2. The van der Waals surface area contributed by atoms with E-state index in [0.29, 0.717) is 11.3 Å². The molecule has 0 aliphatic heterocycles. The van der Waals surface area contributed by atoms with E-state index in [2.05, 4.69) is 25.4 Å². The third kappa shape index (κ3) is 2.23. The predicted octanol–water partition coefficient (Wildman–Crippen LogP) is 4.63. The monoisotopic (exact) mass is 331 g/mol. The molecule has 1 N–H and O–H groups in total. The van der Waals surface area contributed by atoms with Crippen LogP contribution in [0.3, 0.4) is 0 Å². The predicted molar refractivity (Wildman–Crippen MR) is 95.0 cm³/mol. The standard InChI is InChI=1S/C21H33NO2/c1-20-12-5-4-6-14(20)7-8-15-16-9-10-18(19(23)22-24-3)21(16,2)13-11-17(15)20/h10,14-17H,4-9,11-13H2,1-3H3,(H,22,23)/t14?,15-,16-,17-,20-,21-/m0/s1. The van der Waals surface area contributed by atoms with Crippen LogP contribution < -0.4 is 5.48 Å². The number of carbonyl (C=O) groups excluding carboxylic acids is 1. The molecule has 1 amide bonds. The van der Waals surface area contributed by atoms with Gasteiger partial charge in [0.2, 0.25) is 0 Å². The van der Waals surface area contributed by atoms with Crippen molar-refractivity contribution in [3.05, 3.63) is 11.6 Å². The first-order valence-corrected chi connectivity index (χ1v) is 10.0. The molecule has 24 heavy (non-hydrogen) atoms. The van der Waals surface area contributed by atoms with Crippen molar-refractivity contribution in [2.75, 3.05) is 7.11 Å². The number of hydroxylamine groups is 1.